The van der Waals surface area contributed by atoms with E-state index in [1.807, 2.05) is 0 Å². The van der Waals surface area contributed by atoms with Crippen LogP contribution in [0, 0.1) is 6.92 Å². The molecule has 0 spiro atoms. The highest BCUT2D eigenvalue weighted by molar-refractivity contribution is 7.12. The van der Waals surface area contributed by atoms with Crippen molar-refractivity contribution in [3.63, 3.8) is 0 Å². The van der Waals surface area contributed by atoms with Crippen molar-refractivity contribution in [3.05, 3.63) is 21.4 Å². The fourth-order valence-electron chi connectivity index (χ4n) is 1.14. The lowest BCUT2D eigenvalue weighted by Crippen LogP contribution is -2.07. The van der Waals surface area contributed by atoms with Crippen LogP contribution < -0.4 is 0 Å². The van der Waals surface area contributed by atoms with Gasteiger partial charge in [-0.1, -0.05) is 20.8 Å². The van der Waals surface area contributed by atoms with E-state index in [4.69, 9.17) is 4.74 Å². The average molecular weight is 212 g/mol. The van der Waals surface area contributed by atoms with Gasteiger partial charge >= 0.3 is 0 Å². The third-order valence-electron chi connectivity index (χ3n) is 2.04. The minimum atomic E-state index is 0.175. The minimum Gasteiger partial charge on any atom is -0.462 e. The Morgan fingerprint density at radius 3 is 2.57 bits per heavy atom. The van der Waals surface area contributed by atoms with E-state index in [9.17, 15) is 4.79 Å². The summed E-state index contributed by atoms with van der Waals surface area (Å²) in [6.45, 7) is 9.50. The van der Waals surface area contributed by atoms with Crippen LogP contribution in [0.5, 0.6) is 0 Å². The molecule has 2 nitrogen and oxygen atoms in total. The van der Waals surface area contributed by atoms with Crippen molar-refractivity contribution < 1.29 is 9.53 Å². The quantitative estimate of drug-likeness (QED) is 0.720. The van der Waals surface area contributed by atoms with E-state index in [-0.39, 0.29) is 5.41 Å². The first-order chi connectivity index (χ1) is 6.45. The van der Waals surface area contributed by atoms with Crippen LogP contribution in [0.25, 0.3) is 0 Å². The van der Waals surface area contributed by atoms with Crippen molar-refractivity contribution in [2.75, 3.05) is 0 Å². The molecule has 78 valence electrons. The molecule has 0 aliphatic heterocycles. The maximum atomic E-state index is 10.1. The summed E-state index contributed by atoms with van der Waals surface area (Å²) in [4.78, 5) is 12.5. The Balaban J connectivity index is 2.87. The molecule has 0 aliphatic rings. The van der Waals surface area contributed by atoms with E-state index in [2.05, 4.69) is 33.8 Å². The largest absolute Gasteiger partial charge is 0.462 e. The van der Waals surface area contributed by atoms with Gasteiger partial charge in [0.25, 0.3) is 6.47 Å². The van der Waals surface area contributed by atoms with Crippen molar-refractivity contribution in [2.24, 2.45) is 0 Å². The topological polar surface area (TPSA) is 26.3 Å². The molecule has 0 aromatic carbocycles. The standard InChI is InChI=1S/C11H16O2S/c1-8-5-10(11(2,3)4)14-9(8)6-13-7-12/h5,7H,6H2,1-4H3. The van der Waals surface area contributed by atoms with Gasteiger partial charge in [0.15, 0.2) is 0 Å². The highest BCUT2D eigenvalue weighted by atomic mass is 32.1. The summed E-state index contributed by atoms with van der Waals surface area (Å²) < 4.78 is 4.76. The molecule has 1 rings (SSSR count). The summed E-state index contributed by atoms with van der Waals surface area (Å²) >= 11 is 1.72. The lowest BCUT2D eigenvalue weighted by Gasteiger charge is -2.15. The zero-order chi connectivity index (χ0) is 10.8. The Bertz CT molecular complexity index is 321. The van der Waals surface area contributed by atoms with Crippen LogP contribution in [0.15, 0.2) is 6.07 Å². The molecule has 1 aromatic heterocycles. The molecule has 3 heteroatoms. The summed E-state index contributed by atoms with van der Waals surface area (Å²) in [6, 6.07) is 2.17. The van der Waals surface area contributed by atoms with Gasteiger partial charge in [-0.25, -0.2) is 0 Å². The second-order valence-corrected chi connectivity index (χ2v) is 5.51. The first-order valence-electron chi connectivity index (χ1n) is 4.60. The molecular weight excluding hydrogens is 196 g/mol. The van der Waals surface area contributed by atoms with Crippen LogP contribution in [0.4, 0.5) is 0 Å². The molecule has 0 saturated carbocycles. The Kier molecular flexibility index (Phi) is 3.32. The fraction of sp³-hybridized carbons (Fsp3) is 0.545. The molecule has 0 N–H and O–H groups in total. The molecule has 0 atom stereocenters. The molecule has 0 aliphatic carbocycles. The first-order valence-corrected chi connectivity index (χ1v) is 5.42. The third-order valence-corrected chi connectivity index (χ3v) is 3.68. The van der Waals surface area contributed by atoms with Crippen LogP contribution in [0.2, 0.25) is 0 Å². The summed E-state index contributed by atoms with van der Waals surface area (Å²) in [7, 11) is 0. The number of hydrogen-bond donors (Lipinski definition) is 0. The number of thiophene rings is 1. The summed E-state index contributed by atoms with van der Waals surface area (Å²) in [5.41, 5.74) is 1.39. The number of aryl methyl sites for hydroxylation is 1. The zero-order valence-electron chi connectivity index (χ0n) is 9.09. The zero-order valence-corrected chi connectivity index (χ0v) is 9.90. The fourth-order valence-corrected chi connectivity index (χ4v) is 2.30. The molecule has 0 unspecified atom stereocenters. The van der Waals surface area contributed by atoms with Gasteiger partial charge in [0.2, 0.25) is 0 Å². The van der Waals surface area contributed by atoms with Gasteiger partial charge in [-0.2, -0.15) is 0 Å². The van der Waals surface area contributed by atoms with Crippen molar-refractivity contribution in [1.29, 1.82) is 0 Å². The molecule has 0 amide bonds. The van der Waals surface area contributed by atoms with Crippen molar-refractivity contribution in [2.45, 2.75) is 39.7 Å². The maximum Gasteiger partial charge on any atom is 0.293 e. The van der Waals surface area contributed by atoms with Crippen LogP contribution in [-0.2, 0) is 21.6 Å². The summed E-state index contributed by atoms with van der Waals surface area (Å²) in [5.74, 6) is 0. The van der Waals surface area contributed by atoms with E-state index < -0.39 is 0 Å². The number of carbonyl (C=O) groups excluding carboxylic acids is 1. The lowest BCUT2D eigenvalue weighted by molar-refractivity contribution is -0.129. The Hall–Kier alpha value is -0.830. The Labute approximate surface area is 88.9 Å². The highest BCUT2D eigenvalue weighted by Crippen LogP contribution is 2.32. The molecule has 1 aromatic rings. The molecule has 0 saturated heterocycles. The van der Waals surface area contributed by atoms with Gasteiger partial charge in [0.05, 0.1) is 0 Å². The summed E-state index contributed by atoms with van der Waals surface area (Å²) in [6.07, 6.45) is 0. The van der Waals surface area contributed by atoms with Gasteiger partial charge in [-0.05, 0) is 24.0 Å². The van der Waals surface area contributed by atoms with E-state index in [0.717, 1.165) is 4.88 Å². The van der Waals surface area contributed by atoms with Gasteiger partial charge in [-0.15, -0.1) is 11.3 Å². The van der Waals surface area contributed by atoms with Crippen molar-refractivity contribution >= 4 is 17.8 Å². The molecular formula is C11H16O2S. The van der Waals surface area contributed by atoms with Crippen LogP contribution in [-0.4, -0.2) is 6.47 Å². The molecule has 1 heterocycles. The molecule has 0 bridgehead atoms. The van der Waals surface area contributed by atoms with E-state index in [0.29, 0.717) is 13.1 Å². The van der Waals surface area contributed by atoms with E-state index >= 15 is 0 Å². The Morgan fingerprint density at radius 1 is 1.50 bits per heavy atom. The smallest absolute Gasteiger partial charge is 0.293 e. The predicted octanol–water partition coefficient (Wildman–Crippen LogP) is 3.03. The van der Waals surface area contributed by atoms with Gasteiger partial charge in [0.1, 0.15) is 6.61 Å². The van der Waals surface area contributed by atoms with Gasteiger partial charge in [-0.3, -0.25) is 4.79 Å². The van der Waals surface area contributed by atoms with Crippen LogP contribution >= 0.6 is 11.3 Å². The lowest BCUT2D eigenvalue weighted by atomic mass is 9.94. The van der Waals surface area contributed by atoms with Crippen molar-refractivity contribution in [1.82, 2.24) is 0 Å². The number of ether oxygens (including phenoxy) is 1. The highest BCUT2D eigenvalue weighted by Gasteiger charge is 2.18. The van der Waals surface area contributed by atoms with Gasteiger partial charge in [0, 0.05) is 9.75 Å². The molecule has 0 fully saturated rings. The van der Waals surface area contributed by atoms with Gasteiger partial charge < -0.3 is 4.74 Å². The van der Waals surface area contributed by atoms with Crippen LogP contribution in [0.1, 0.15) is 36.1 Å². The molecule has 14 heavy (non-hydrogen) atoms. The number of hydrogen-bond acceptors (Lipinski definition) is 3. The summed E-state index contributed by atoms with van der Waals surface area (Å²) in [5, 5.41) is 0. The predicted molar refractivity (Wildman–Crippen MR) is 58.6 cm³/mol. The third kappa shape index (κ3) is 2.58. The molecule has 0 radical (unpaired) electrons. The minimum absolute atomic E-state index is 0.175. The van der Waals surface area contributed by atoms with E-state index in [1.54, 1.807) is 11.3 Å². The second-order valence-electron chi connectivity index (χ2n) is 4.37. The normalized spacial score (nSPS) is 11.4. The van der Waals surface area contributed by atoms with Crippen molar-refractivity contribution in [3.8, 4) is 0 Å². The maximum absolute atomic E-state index is 10.1. The second kappa shape index (κ2) is 4.13. The van der Waals surface area contributed by atoms with Crippen LogP contribution in [0.3, 0.4) is 0 Å². The Morgan fingerprint density at radius 2 is 2.14 bits per heavy atom. The monoisotopic (exact) mass is 212 g/mol. The van der Waals surface area contributed by atoms with E-state index in [1.165, 1.54) is 10.4 Å². The number of carbonyl (C=O) groups is 1. The SMILES string of the molecule is Cc1cc(C(C)(C)C)sc1COC=O. The number of rotatable bonds is 3. The average Bonchev–Trinajstić information content (AvgIpc) is 2.43. The first kappa shape index (κ1) is 11.2.